The number of carbonyl (C=O) groups is 2. The highest BCUT2D eigenvalue weighted by Gasteiger charge is 2.33. The molecular formula is C21H26N2O6S2. The smallest absolute Gasteiger partial charge is 0.374 e. The molecule has 8 nitrogen and oxygen atoms in total. The number of ether oxygens (including phenoxy) is 1. The molecule has 31 heavy (non-hydrogen) atoms. The molecule has 1 fully saturated rings. The van der Waals surface area contributed by atoms with Crippen LogP contribution in [0.3, 0.4) is 0 Å². The van der Waals surface area contributed by atoms with Crippen molar-refractivity contribution in [2.24, 2.45) is 0 Å². The van der Waals surface area contributed by atoms with E-state index >= 15 is 0 Å². The molecule has 0 radical (unpaired) electrons. The van der Waals surface area contributed by atoms with Crippen LogP contribution in [0.4, 0.5) is 0 Å². The van der Waals surface area contributed by atoms with E-state index in [9.17, 15) is 18.0 Å². The van der Waals surface area contributed by atoms with Crippen LogP contribution in [0.15, 0.2) is 44.7 Å². The summed E-state index contributed by atoms with van der Waals surface area (Å²) in [7, 11) is -3.89. The van der Waals surface area contributed by atoms with E-state index in [4.69, 9.17) is 9.15 Å². The molecule has 3 rings (SSSR count). The average molecular weight is 467 g/mol. The van der Waals surface area contributed by atoms with Crippen LogP contribution in [0.2, 0.25) is 0 Å². The Hall–Kier alpha value is -2.30. The maximum Gasteiger partial charge on any atom is 0.374 e. The number of aryl methyl sites for hydroxylation is 2. The summed E-state index contributed by atoms with van der Waals surface area (Å²) < 4.78 is 36.9. The molecule has 2 aromatic rings. The van der Waals surface area contributed by atoms with E-state index in [1.807, 2.05) is 26.0 Å². The van der Waals surface area contributed by atoms with Gasteiger partial charge in [0.2, 0.25) is 16.8 Å². The second-order valence-electron chi connectivity index (χ2n) is 7.18. The van der Waals surface area contributed by atoms with E-state index in [2.05, 4.69) is 6.07 Å². The predicted molar refractivity (Wildman–Crippen MR) is 117 cm³/mol. The monoisotopic (exact) mass is 466 g/mol. The van der Waals surface area contributed by atoms with Gasteiger partial charge in [-0.1, -0.05) is 17.7 Å². The summed E-state index contributed by atoms with van der Waals surface area (Å²) in [6.45, 7) is 6.78. The van der Waals surface area contributed by atoms with E-state index in [1.165, 1.54) is 28.2 Å². The number of rotatable bonds is 7. The van der Waals surface area contributed by atoms with Crippen molar-refractivity contribution in [3.05, 3.63) is 47.2 Å². The van der Waals surface area contributed by atoms with Gasteiger partial charge in [-0.2, -0.15) is 4.31 Å². The lowest BCUT2D eigenvalue weighted by molar-refractivity contribution is -0.129. The molecule has 0 N–H and O–H groups in total. The number of hydrogen-bond acceptors (Lipinski definition) is 7. The molecular weight excluding hydrogens is 440 g/mol. The van der Waals surface area contributed by atoms with Crippen molar-refractivity contribution in [2.45, 2.75) is 30.8 Å². The first-order valence-corrected chi connectivity index (χ1v) is 12.4. The Labute approximate surface area is 186 Å². The summed E-state index contributed by atoms with van der Waals surface area (Å²) in [6, 6.07) is 8.67. The summed E-state index contributed by atoms with van der Waals surface area (Å²) in [4.78, 5) is 27.1. The molecule has 0 saturated carbocycles. The summed E-state index contributed by atoms with van der Waals surface area (Å²) in [5, 5.41) is -0.305. The molecule has 0 aliphatic carbocycles. The molecule has 168 valence electrons. The third-order valence-electron chi connectivity index (χ3n) is 4.94. The highest BCUT2D eigenvalue weighted by Crippen LogP contribution is 2.25. The standard InChI is InChI=1S/C21H26N2O6S2/c1-4-28-21(25)17-7-8-20(29-17)31(26,27)23-11-9-22(10-12-23)19(24)14-30-18-13-15(2)5-6-16(18)3/h5-8,13H,4,9-12,14H2,1-3H3. The minimum absolute atomic E-state index is 0.0226. The van der Waals surface area contributed by atoms with Crippen LogP contribution in [0.1, 0.15) is 28.6 Å². The molecule has 1 aromatic heterocycles. The van der Waals surface area contributed by atoms with Gasteiger partial charge in [-0.15, -0.1) is 11.8 Å². The first-order chi connectivity index (χ1) is 14.7. The molecule has 0 unspecified atom stereocenters. The maximum absolute atomic E-state index is 12.8. The number of nitrogens with zero attached hydrogens (tertiary/aromatic N) is 2. The van der Waals surface area contributed by atoms with Crippen LogP contribution < -0.4 is 0 Å². The van der Waals surface area contributed by atoms with Gasteiger partial charge in [0.05, 0.1) is 12.4 Å². The van der Waals surface area contributed by atoms with E-state index in [0.717, 1.165) is 16.0 Å². The van der Waals surface area contributed by atoms with Gasteiger partial charge in [0.25, 0.3) is 10.0 Å². The largest absolute Gasteiger partial charge is 0.460 e. The molecule has 2 heterocycles. The highest BCUT2D eigenvalue weighted by atomic mass is 32.2. The Kier molecular flexibility index (Phi) is 7.45. The number of esters is 1. The van der Waals surface area contributed by atoms with E-state index in [1.54, 1.807) is 11.8 Å². The lowest BCUT2D eigenvalue weighted by Gasteiger charge is -2.33. The van der Waals surface area contributed by atoms with Gasteiger partial charge in [-0.3, -0.25) is 4.79 Å². The Balaban J connectivity index is 1.56. The first-order valence-electron chi connectivity index (χ1n) is 9.97. The van der Waals surface area contributed by atoms with Crippen molar-refractivity contribution >= 4 is 33.7 Å². The van der Waals surface area contributed by atoms with Crippen molar-refractivity contribution in [3.63, 3.8) is 0 Å². The lowest BCUT2D eigenvalue weighted by Crippen LogP contribution is -2.50. The van der Waals surface area contributed by atoms with E-state index < -0.39 is 16.0 Å². The number of benzene rings is 1. The average Bonchev–Trinajstić information content (AvgIpc) is 3.26. The van der Waals surface area contributed by atoms with Gasteiger partial charge in [0.1, 0.15) is 0 Å². The minimum atomic E-state index is -3.89. The van der Waals surface area contributed by atoms with Crippen molar-refractivity contribution in [3.8, 4) is 0 Å². The van der Waals surface area contributed by atoms with Crippen molar-refractivity contribution in [1.82, 2.24) is 9.21 Å². The molecule has 1 aliphatic rings. The first kappa shape index (κ1) is 23.4. The van der Waals surface area contributed by atoms with Crippen LogP contribution in [-0.2, 0) is 19.6 Å². The summed E-state index contributed by atoms with van der Waals surface area (Å²) in [5.41, 5.74) is 2.27. The zero-order valence-electron chi connectivity index (χ0n) is 17.8. The molecule has 1 aliphatic heterocycles. The fourth-order valence-electron chi connectivity index (χ4n) is 3.17. The van der Waals surface area contributed by atoms with Crippen LogP contribution >= 0.6 is 11.8 Å². The number of carbonyl (C=O) groups excluding carboxylic acids is 2. The number of sulfonamides is 1. The van der Waals surface area contributed by atoms with Crippen molar-refractivity contribution < 1.29 is 27.2 Å². The Bertz CT molecular complexity index is 1060. The molecule has 0 spiro atoms. The van der Waals surface area contributed by atoms with Crippen LogP contribution in [0.25, 0.3) is 0 Å². The van der Waals surface area contributed by atoms with Crippen molar-refractivity contribution in [2.75, 3.05) is 38.5 Å². The zero-order valence-corrected chi connectivity index (χ0v) is 19.4. The van der Waals surface area contributed by atoms with Gasteiger partial charge in [0, 0.05) is 31.1 Å². The number of hydrogen-bond donors (Lipinski definition) is 0. The Morgan fingerprint density at radius 2 is 1.81 bits per heavy atom. The predicted octanol–water partition coefficient (Wildman–Crippen LogP) is 2.70. The fraction of sp³-hybridized carbons (Fsp3) is 0.429. The number of thioether (sulfide) groups is 1. The normalized spacial score (nSPS) is 15.1. The minimum Gasteiger partial charge on any atom is -0.460 e. The molecule has 1 amide bonds. The van der Waals surface area contributed by atoms with Crippen LogP contribution in [0.5, 0.6) is 0 Å². The third-order valence-corrected chi connectivity index (χ3v) is 7.85. The zero-order chi connectivity index (χ0) is 22.6. The summed E-state index contributed by atoms with van der Waals surface area (Å²) in [5.74, 6) is -0.582. The van der Waals surface area contributed by atoms with E-state index in [-0.39, 0.29) is 36.5 Å². The summed E-state index contributed by atoms with van der Waals surface area (Å²) in [6.07, 6.45) is 0. The maximum atomic E-state index is 12.8. The quantitative estimate of drug-likeness (QED) is 0.457. The summed E-state index contributed by atoms with van der Waals surface area (Å²) >= 11 is 1.49. The lowest BCUT2D eigenvalue weighted by atomic mass is 10.2. The number of furan rings is 1. The van der Waals surface area contributed by atoms with Crippen LogP contribution in [0, 0.1) is 13.8 Å². The van der Waals surface area contributed by atoms with Gasteiger partial charge in [-0.05, 0) is 44.5 Å². The Morgan fingerprint density at radius 1 is 1.10 bits per heavy atom. The van der Waals surface area contributed by atoms with Crippen molar-refractivity contribution in [1.29, 1.82) is 0 Å². The Morgan fingerprint density at radius 3 is 2.48 bits per heavy atom. The molecule has 1 saturated heterocycles. The second kappa shape index (κ2) is 9.88. The third kappa shape index (κ3) is 5.50. The van der Waals surface area contributed by atoms with Crippen LogP contribution in [-0.4, -0.2) is 68.0 Å². The van der Waals surface area contributed by atoms with E-state index in [0.29, 0.717) is 18.8 Å². The molecule has 1 aromatic carbocycles. The molecule has 10 heteroatoms. The number of piperazine rings is 1. The SMILES string of the molecule is CCOC(=O)c1ccc(S(=O)(=O)N2CCN(C(=O)CSc3cc(C)ccc3C)CC2)o1. The fourth-order valence-corrected chi connectivity index (χ4v) is 5.53. The molecule has 0 atom stereocenters. The number of amides is 1. The topological polar surface area (TPSA) is 97.1 Å². The second-order valence-corrected chi connectivity index (χ2v) is 10.1. The van der Waals surface area contributed by atoms with Gasteiger partial charge < -0.3 is 14.1 Å². The van der Waals surface area contributed by atoms with Gasteiger partial charge >= 0.3 is 5.97 Å². The molecule has 0 bridgehead atoms. The van der Waals surface area contributed by atoms with Gasteiger partial charge in [0.15, 0.2) is 0 Å². The van der Waals surface area contributed by atoms with Gasteiger partial charge in [-0.25, -0.2) is 13.2 Å². The highest BCUT2D eigenvalue weighted by molar-refractivity contribution is 8.00.